The number of benzene rings is 1. The summed E-state index contributed by atoms with van der Waals surface area (Å²) in [5.74, 6) is 1.42. The first kappa shape index (κ1) is 16.4. The molecule has 1 aliphatic heterocycles. The van der Waals surface area contributed by atoms with Crippen LogP contribution in [-0.2, 0) is 4.74 Å². The molecule has 118 valence electrons. The SMILES string of the molecule is CCOc1cc(Cl)c(C(NC)C2CCCO2)cc1OCC. The van der Waals surface area contributed by atoms with Crippen molar-refractivity contribution in [2.75, 3.05) is 26.9 Å². The summed E-state index contributed by atoms with van der Waals surface area (Å²) in [7, 11) is 1.93. The first-order valence-corrected chi connectivity index (χ1v) is 7.96. The lowest BCUT2D eigenvalue weighted by Crippen LogP contribution is -2.29. The van der Waals surface area contributed by atoms with Crippen molar-refractivity contribution in [3.8, 4) is 11.5 Å². The number of rotatable bonds is 7. The Bertz CT molecular complexity index is 461. The second-order valence-corrected chi connectivity index (χ2v) is 5.41. The third kappa shape index (κ3) is 3.82. The van der Waals surface area contributed by atoms with Crippen LogP contribution >= 0.6 is 11.6 Å². The molecule has 1 aromatic rings. The predicted molar refractivity (Wildman–Crippen MR) is 84.6 cm³/mol. The highest BCUT2D eigenvalue weighted by Crippen LogP contribution is 2.39. The van der Waals surface area contributed by atoms with Crippen molar-refractivity contribution in [1.29, 1.82) is 0 Å². The Morgan fingerprint density at radius 2 is 1.95 bits per heavy atom. The van der Waals surface area contributed by atoms with E-state index >= 15 is 0 Å². The number of likely N-dealkylation sites (N-methyl/N-ethyl adjacent to an activating group) is 1. The fraction of sp³-hybridized carbons (Fsp3) is 0.625. The van der Waals surface area contributed by atoms with Gasteiger partial charge in [-0.05, 0) is 45.4 Å². The molecule has 4 nitrogen and oxygen atoms in total. The average Bonchev–Trinajstić information content (AvgIpc) is 2.98. The molecule has 2 rings (SSSR count). The summed E-state index contributed by atoms with van der Waals surface area (Å²) in [5, 5.41) is 3.99. The molecule has 0 aromatic heterocycles. The Morgan fingerprint density at radius 1 is 1.29 bits per heavy atom. The molecular formula is C16H24ClNO3. The van der Waals surface area contributed by atoms with E-state index < -0.39 is 0 Å². The van der Waals surface area contributed by atoms with Crippen LogP contribution in [0.5, 0.6) is 11.5 Å². The van der Waals surface area contributed by atoms with Crippen LogP contribution in [0.2, 0.25) is 5.02 Å². The van der Waals surface area contributed by atoms with Crippen LogP contribution in [-0.4, -0.2) is 33.0 Å². The normalized spacial score (nSPS) is 19.5. The molecule has 0 spiro atoms. The number of hydrogen-bond donors (Lipinski definition) is 1. The molecule has 1 saturated heterocycles. The highest BCUT2D eigenvalue weighted by Gasteiger charge is 2.28. The van der Waals surface area contributed by atoms with E-state index in [1.54, 1.807) is 0 Å². The van der Waals surface area contributed by atoms with Crippen molar-refractivity contribution < 1.29 is 14.2 Å². The van der Waals surface area contributed by atoms with E-state index in [9.17, 15) is 0 Å². The van der Waals surface area contributed by atoms with Crippen molar-refractivity contribution in [2.45, 2.75) is 38.8 Å². The van der Waals surface area contributed by atoms with Gasteiger partial charge in [0.05, 0.1) is 25.4 Å². The molecule has 5 heteroatoms. The summed E-state index contributed by atoms with van der Waals surface area (Å²) in [6.07, 6.45) is 2.29. The summed E-state index contributed by atoms with van der Waals surface area (Å²) < 4.78 is 17.1. The standard InChI is InChI=1S/C16H24ClNO3/c1-4-19-14-9-11(12(17)10-15(14)20-5-2)16(18-3)13-7-6-8-21-13/h9-10,13,16,18H,4-8H2,1-3H3. The number of nitrogens with one attached hydrogen (secondary N) is 1. The molecule has 21 heavy (non-hydrogen) atoms. The molecule has 1 fully saturated rings. The Kier molecular flexibility index (Phi) is 6.15. The van der Waals surface area contributed by atoms with Crippen LogP contribution in [0.4, 0.5) is 0 Å². The minimum Gasteiger partial charge on any atom is -0.490 e. The van der Waals surface area contributed by atoms with E-state index in [0.717, 1.165) is 30.8 Å². The lowest BCUT2D eigenvalue weighted by molar-refractivity contribution is 0.0807. The zero-order valence-electron chi connectivity index (χ0n) is 12.9. The van der Waals surface area contributed by atoms with Crippen molar-refractivity contribution in [3.63, 3.8) is 0 Å². The van der Waals surface area contributed by atoms with Crippen LogP contribution < -0.4 is 14.8 Å². The number of hydrogen-bond acceptors (Lipinski definition) is 4. The topological polar surface area (TPSA) is 39.7 Å². The van der Waals surface area contributed by atoms with Gasteiger partial charge < -0.3 is 19.5 Å². The smallest absolute Gasteiger partial charge is 0.162 e. The molecule has 0 amide bonds. The quantitative estimate of drug-likeness (QED) is 0.835. The van der Waals surface area contributed by atoms with Crippen LogP contribution in [0.25, 0.3) is 0 Å². The summed E-state index contributed by atoms with van der Waals surface area (Å²) >= 11 is 6.46. The third-order valence-corrected chi connectivity index (χ3v) is 3.97. The van der Waals surface area contributed by atoms with E-state index in [2.05, 4.69) is 5.32 Å². The van der Waals surface area contributed by atoms with Crippen LogP contribution in [0.1, 0.15) is 38.3 Å². The average molecular weight is 314 g/mol. The van der Waals surface area contributed by atoms with Gasteiger partial charge in [-0.1, -0.05) is 11.6 Å². The highest BCUT2D eigenvalue weighted by molar-refractivity contribution is 6.31. The highest BCUT2D eigenvalue weighted by atomic mass is 35.5. The van der Waals surface area contributed by atoms with Crippen molar-refractivity contribution >= 4 is 11.6 Å². The maximum Gasteiger partial charge on any atom is 0.162 e. The van der Waals surface area contributed by atoms with E-state index in [4.69, 9.17) is 25.8 Å². The zero-order chi connectivity index (χ0) is 15.2. The lowest BCUT2D eigenvalue weighted by atomic mass is 9.99. The van der Waals surface area contributed by atoms with Gasteiger partial charge in [-0.2, -0.15) is 0 Å². The van der Waals surface area contributed by atoms with E-state index in [1.807, 2.05) is 33.0 Å². The largest absolute Gasteiger partial charge is 0.490 e. The van der Waals surface area contributed by atoms with Gasteiger partial charge in [0.25, 0.3) is 0 Å². The molecule has 1 heterocycles. The van der Waals surface area contributed by atoms with Gasteiger partial charge in [0.1, 0.15) is 0 Å². The summed E-state index contributed by atoms with van der Waals surface area (Å²) in [6, 6.07) is 3.87. The molecular weight excluding hydrogens is 290 g/mol. The molecule has 0 saturated carbocycles. The van der Waals surface area contributed by atoms with Crippen molar-refractivity contribution in [3.05, 3.63) is 22.7 Å². The molecule has 2 unspecified atom stereocenters. The first-order valence-electron chi connectivity index (χ1n) is 7.59. The maximum atomic E-state index is 6.46. The predicted octanol–water partition coefficient (Wildman–Crippen LogP) is 3.58. The van der Waals surface area contributed by atoms with Crippen molar-refractivity contribution in [1.82, 2.24) is 5.32 Å². The second-order valence-electron chi connectivity index (χ2n) is 5.00. The Balaban J connectivity index is 2.34. The molecule has 0 bridgehead atoms. The van der Waals surface area contributed by atoms with Crippen LogP contribution in [0.3, 0.4) is 0 Å². The number of ether oxygens (including phenoxy) is 3. The van der Waals surface area contributed by atoms with Gasteiger partial charge in [-0.3, -0.25) is 0 Å². The van der Waals surface area contributed by atoms with E-state index in [1.165, 1.54) is 0 Å². The summed E-state index contributed by atoms with van der Waals surface area (Å²) in [6.45, 7) is 5.89. The molecule has 0 radical (unpaired) electrons. The molecule has 0 aliphatic carbocycles. The molecule has 2 atom stereocenters. The Morgan fingerprint density at radius 3 is 2.48 bits per heavy atom. The minimum atomic E-state index is 0.0647. The first-order chi connectivity index (χ1) is 10.2. The summed E-state index contributed by atoms with van der Waals surface area (Å²) in [5.41, 5.74) is 0.998. The van der Waals surface area contributed by atoms with E-state index in [0.29, 0.717) is 24.0 Å². The monoisotopic (exact) mass is 313 g/mol. The Hall–Kier alpha value is -0.970. The summed E-state index contributed by atoms with van der Waals surface area (Å²) in [4.78, 5) is 0. The van der Waals surface area contributed by atoms with Gasteiger partial charge in [0.2, 0.25) is 0 Å². The fourth-order valence-corrected chi connectivity index (χ4v) is 3.00. The molecule has 1 aromatic carbocycles. The van der Waals surface area contributed by atoms with Crippen molar-refractivity contribution in [2.24, 2.45) is 0 Å². The van der Waals surface area contributed by atoms with Gasteiger partial charge >= 0.3 is 0 Å². The van der Waals surface area contributed by atoms with Crippen LogP contribution in [0.15, 0.2) is 12.1 Å². The zero-order valence-corrected chi connectivity index (χ0v) is 13.7. The third-order valence-electron chi connectivity index (χ3n) is 3.65. The van der Waals surface area contributed by atoms with Gasteiger partial charge in [-0.15, -0.1) is 0 Å². The van der Waals surface area contributed by atoms with E-state index in [-0.39, 0.29) is 12.1 Å². The van der Waals surface area contributed by atoms with Gasteiger partial charge in [0.15, 0.2) is 11.5 Å². The second kappa shape index (κ2) is 7.87. The van der Waals surface area contributed by atoms with Gasteiger partial charge in [-0.25, -0.2) is 0 Å². The number of halogens is 1. The maximum absolute atomic E-state index is 6.46. The molecule has 1 aliphatic rings. The lowest BCUT2D eigenvalue weighted by Gasteiger charge is -2.25. The minimum absolute atomic E-state index is 0.0647. The molecule has 1 N–H and O–H groups in total. The fourth-order valence-electron chi connectivity index (χ4n) is 2.73. The van der Waals surface area contributed by atoms with Crippen LogP contribution in [0, 0.1) is 0 Å². The van der Waals surface area contributed by atoms with Gasteiger partial charge in [0, 0.05) is 17.7 Å². The Labute approximate surface area is 131 Å².